The van der Waals surface area contributed by atoms with Gasteiger partial charge in [0.05, 0.1) is 13.2 Å². The van der Waals surface area contributed by atoms with Crippen molar-refractivity contribution < 1.29 is 9.53 Å². The molecule has 0 aliphatic carbocycles. The zero-order valence-electron chi connectivity index (χ0n) is 5.17. The van der Waals surface area contributed by atoms with Gasteiger partial charge in [0.2, 0.25) is 6.41 Å². The standard InChI is InChI=1S/C5H11NO2S/c7-5-6-1-2-8-3-4-9/h5,9H,1-4H2,(H,6,7). The van der Waals surface area contributed by atoms with Gasteiger partial charge in [-0.15, -0.1) is 0 Å². The van der Waals surface area contributed by atoms with Crippen molar-refractivity contribution in [1.29, 1.82) is 0 Å². The molecule has 0 atom stereocenters. The van der Waals surface area contributed by atoms with Crippen molar-refractivity contribution in [1.82, 2.24) is 5.32 Å². The van der Waals surface area contributed by atoms with Gasteiger partial charge in [0.1, 0.15) is 0 Å². The van der Waals surface area contributed by atoms with E-state index in [2.05, 4.69) is 17.9 Å². The summed E-state index contributed by atoms with van der Waals surface area (Å²) in [5, 5.41) is 2.48. The highest BCUT2D eigenvalue weighted by atomic mass is 32.1. The van der Waals surface area contributed by atoms with Crippen LogP contribution in [0, 0.1) is 0 Å². The van der Waals surface area contributed by atoms with Crippen LogP contribution in [0.25, 0.3) is 0 Å². The number of hydrogen-bond donors (Lipinski definition) is 2. The van der Waals surface area contributed by atoms with E-state index in [4.69, 9.17) is 4.74 Å². The molecule has 0 aliphatic rings. The van der Waals surface area contributed by atoms with Crippen molar-refractivity contribution in [3.63, 3.8) is 0 Å². The predicted octanol–water partition coefficient (Wildman–Crippen LogP) is -0.321. The first-order valence-electron chi connectivity index (χ1n) is 2.77. The van der Waals surface area contributed by atoms with Gasteiger partial charge in [-0.25, -0.2) is 0 Å². The smallest absolute Gasteiger partial charge is 0.207 e. The highest BCUT2D eigenvalue weighted by molar-refractivity contribution is 7.80. The Kier molecular flexibility index (Phi) is 7.59. The van der Waals surface area contributed by atoms with Crippen LogP contribution in [-0.2, 0) is 9.53 Å². The van der Waals surface area contributed by atoms with Crippen LogP contribution in [0.1, 0.15) is 0 Å². The SMILES string of the molecule is O=CNCCOCCS. The molecular formula is C5H11NO2S. The molecule has 1 amide bonds. The van der Waals surface area contributed by atoms with E-state index in [0.29, 0.717) is 26.2 Å². The summed E-state index contributed by atoms with van der Waals surface area (Å²) in [5.41, 5.74) is 0. The number of amides is 1. The Bertz CT molecular complexity index is 70.0. The predicted molar refractivity (Wildman–Crippen MR) is 38.7 cm³/mol. The third kappa shape index (κ3) is 7.78. The van der Waals surface area contributed by atoms with Gasteiger partial charge < -0.3 is 10.1 Å². The average Bonchev–Trinajstić information content (AvgIpc) is 1.89. The summed E-state index contributed by atoms with van der Waals surface area (Å²) in [4.78, 5) is 9.66. The molecule has 54 valence electrons. The molecule has 0 aliphatic heterocycles. The Balaban J connectivity index is 2.66. The van der Waals surface area contributed by atoms with Crippen LogP contribution < -0.4 is 5.32 Å². The third-order valence-corrected chi connectivity index (χ3v) is 0.892. The second-order valence-electron chi connectivity index (χ2n) is 1.41. The van der Waals surface area contributed by atoms with Crippen molar-refractivity contribution in [2.24, 2.45) is 0 Å². The molecule has 0 bridgehead atoms. The molecular weight excluding hydrogens is 138 g/mol. The molecule has 0 aromatic heterocycles. The molecule has 3 nitrogen and oxygen atoms in total. The molecule has 0 fully saturated rings. The zero-order chi connectivity index (χ0) is 6.95. The van der Waals surface area contributed by atoms with Gasteiger partial charge in [0.15, 0.2) is 0 Å². The lowest BCUT2D eigenvalue weighted by molar-refractivity contribution is -0.109. The van der Waals surface area contributed by atoms with Crippen LogP contribution in [0.2, 0.25) is 0 Å². The van der Waals surface area contributed by atoms with E-state index in [9.17, 15) is 4.79 Å². The van der Waals surface area contributed by atoms with Gasteiger partial charge in [0.25, 0.3) is 0 Å². The van der Waals surface area contributed by atoms with E-state index in [1.54, 1.807) is 0 Å². The van der Waals surface area contributed by atoms with Crippen LogP contribution in [0.4, 0.5) is 0 Å². The lowest BCUT2D eigenvalue weighted by Crippen LogP contribution is -2.17. The Morgan fingerprint density at radius 3 is 2.89 bits per heavy atom. The van der Waals surface area contributed by atoms with Crippen molar-refractivity contribution in [2.75, 3.05) is 25.5 Å². The van der Waals surface area contributed by atoms with E-state index in [1.807, 2.05) is 0 Å². The molecule has 0 aromatic rings. The van der Waals surface area contributed by atoms with Gasteiger partial charge in [-0.05, 0) is 0 Å². The number of ether oxygens (including phenoxy) is 1. The number of carbonyl (C=O) groups excluding carboxylic acids is 1. The summed E-state index contributed by atoms with van der Waals surface area (Å²) in [7, 11) is 0. The maximum atomic E-state index is 9.66. The van der Waals surface area contributed by atoms with E-state index in [0.717, 1.165) is 5.75 Å². The Morgan fingerprint density at radius 2 is 2.33 bits per heavy atom. The maximum Gasteiger partial charge on any atom is 0.207 e. The summed E-state index contributed by atoms with van der Waals surface area (Å²) in [6.45, 7) is 1.79. The lowest BCUT2D eigenvalue weighted by Gasteiger charge is -1.98. The minimum absolute atomic E-state index is 0.569. The maximum absolute atomic E-state index is 9.66. The van der Waals surface area contributed by atoms with Crippen molar-refractivity contribution in [3.05, 3.63) is 0 Å². The molecule has 0 spiro atoms. The van der Waals surface area contributed by atoms with E-state index in [1.165, 1.54) is 0 Å². The highest BCUT2D eigenvalue weighted by Crippen LogP contribution is 1.75. The summed E-state index contributed by atoms with van der Waals surface area (Å²) >= 11 is 3.93. The number of hydrogen-bond acceptors (Lipinski definition) is 3. The first kappa shape index (κ1) is 8.78. The third-order valence-electron chi connectivity index (χ3n) is 0.710. The topological polar surface area (TPSA) is 38.3 Å². The van der Waals surface area contributed by atoms with Crippen LogP contribution >= 0.6 is 12.6 Å². The van der Waals surface area contributed by atoms with Gasteiger partial charge in [0, 0.05) is 12.3 Å². The number of thiol groups is 1. The average molecular weight is 149 g/mol. The lowest BCUT2D eigenvalue weighted by atomic mass is 10.7. The van der Waals surface area contributed by atoms with E-state index >= 15 is 0 Å². The van der Waals surface area contributed by atoms with E-state index in [-0.39, 0.29) is 0 Å². The molecule has 0 saturated carbocycles. The minimum Gasteiger partial charge on any atom is -0.379 e. The van der Waals surface area contributed by atoms with Crippen LogP contribution in [0.3, 0.4) is 0 Å². The first-order valence-corrected chi connectivity index (χ1v) is 3.40. The van der Waals surface area contributed by atoms with Crippen molar-refractivity contribution >= 4 is 19.0 Å². The van der Waals surface area contributed by atoms with Crippen LogP contribution in [0.15, 0.2) is 0 Å². The Labute approximate surface area is 60.2 Å². The molecule has 4 heteroatoms. The Morgan fingerprint density at radius 1 is 1.56 bits per heavy atom. The summed E-state index contributed by atoms with van der Waals surface area (Å²) < 4.78 is 4.99. The van der Waals surface area contributed by atoms with Gasteiger partial charge >= 0.3 is 0 Å². The van der Waals surface area contributed by atoms with Crippen LogP contribution in [0.5, 0.6) is 0 Å². The second-order valence-corrected chi connectivity index (χ2v) is 1.86. The van der Waals surface area contributed by atoms with Crippen LogP contribution in [-0.4, -0.2) is 31.9 Å². The molecule has 0 radical (unpaired) electrons. The fraction of sp³-hybridized carbons (Fsp3) is 0.800. The number of rotatable bonds is 6. The highest BCUT2D eigenvalue weighted by Gasteiger charge is 1.82. The van der Waals surface area contributed by atoms with E-state index < -0.39 is 0 Å². The van der Waals surface area contributed by atoms with Crippen molar-refractivity contribution in [2.45, 2.75) is 0 Å². The number of nitrogens with one attached hydrogen (secondary N) is 1. The molecule has 1 N–H and O–H groups in total. The molecule has 0 aromatic carbocycles. The van der Waals surface area contributed by atoms with Gasteiger partial charge in [-0.3, -0.25) is 4.79 Å². The molecule has 9 heavy (non-hydrogen) atoms. The fourth-order valence-electron chi connectivity index (χ4n) is 0.357. The van der Waals surface area contributed by atoms with Gasteiger partial charge in [-0.1, -0.05) is 0 Å². The largest absolute Gasteiger partial charge is 0.379 e. The summed E-state index contributed by atoms with van der Waals surface area (Å²) in [6.07, 6.45) is 0.657. The second kappa shape index (κ2) is 7.78. The number of carbonyl (C=O) groups is 1. The molecule has 0 rings (SSSR count). The fourth-order valence-corrected chi connectivity index (χ4v) is 0.486. The molecule has 0 heterocycles. The summed E-state index contributed by atoms with van der Waals surface area (Å²) in [6, 6.07) is 0. The molecule has 0 unspecified atom stereocenters. The quantitative estimate of drug-likeness (QED) is 0.308. The molecule has 0 saturated heterocycles. The van der Waals surface area contributed by atoms with Gasteiger partial charge in [-0.2, -0.15) is 12.6 Å². The Hall–Kier alpha value is -0.220. The summed E-state index contributed by atoms with van der Waals surface area (Å²) in [5.74, 6) is 0.723. The first-order chi connectivity index (χ1) is 4.41. The monoisotopic (exact) mass is 149 g/mol. The normalized spacial score (nSPS) is 9.00. The van der Waals surface area contributed by atoms with Crippen molar-refractivity contribution in [3.8, 4) is 0 Å². The zero-order valence-corrected chi connectivity index (χ0v) is 6.06. The minimum atomic E-state index is 0.569.